The second-order valence-corrected chi connectivity index (χ2v) is 6.31. The Kier molecular flexibility index (Phi) is 3.34. The molecule has 4 aromatic rings. The van der Waals surface area contributed by atoms with Gasteiger partial charge < -0.3 is 9.51 Å². The van der Waals surface area contributed by atoms with Crippen molar-refractivity contribution in [2.45, 2.75) is 25.2 Å². The molecule has 3 heterocycles. The van der Waals surface area contributed by atoms with Gasteiger partial charge in [-0.05, 0) is 36.9 Å². The summed E-state index contributed by atoms with van der Waals surface area (Å²) in [4.78, 5) is 13.6. The zero-order chi connectivity index (χ0) is 16.0. The van der Waals surface area contributed by atoms with Crippen molar-refractivity contribution in [3.05, 3.63) is 35.8 Å². The van der Waals surface area contributed by atoms with Crippen LogP contribution in [0, 0.1) is 6.92 Å². The Morgan fingerprint density at radius 1 is 1.26 bits per heavy atom. The molecule has 116 valence electrons. The van der Waals surface area contributed by atoms with E-state index in [2.05, 4.69) is 51.5 Å². The Balaban J connectivity index is 2.00. The number of nitrogens with zero attached hydrogens (tertiary/aromatic N) is 3. The first-order valence-electron chi connectivity index (χ1n) is 7.49. The molecule has 0 spiro atoms. The number of thioether (sulfide) groups is 1. The molecule has 4 rings (SSSR count). The van der Waals surface area contributed by atoms with Gasteiger partial charge in [-0.2, -0.15) is 4.98 Å². The van der Waals surface area contributed by atoms with E-state index in [1.54, 1.807) is 11.8 Å². The molecule has 1 aromatic carbocycles. The van der Waals surface area contributed by atoms with Crippen molar-refractivity contribution in [1.82, 2.24) is 20.1 Å². The Bertz CT molecular complexity index is 1020. The lowest BCUT2D eigenvalue weighted by Gasteiger charge is -2.02. The van der Waals surface area contributed by atoms with E-state index in [1.807, 2.05) is 13.1 Å². The first kappa shape index (κ1) is 14.3. The van der Waals surface area contributed by atoms with E-state index in [4.69, 9.17) is 4.52 Å². The predicted octanol–water partition coefficient (Wildman–Crippen LogP) is 4.36. The van der Waals surface area contributed by atoms with E-state index in [-0.39, 0.29) is 0 Å². The second-order valence-electron chi connectivity index (χ2n) is 5.43. The fourth-order valence-corrected chi connectivity index (χ4v) is 3.31. The third-order valence-electron chi connectivity index (χ3n) is 4.07. The van der Waals surface area contributed by atoms with Crippen LogP contribution in [-0.4, -0.2) is 26.4 Å². The fraction of sp³-hybridized carbons (Fsp3) is 0.235. The number of aromatic amines is 1. The topological polar surface area (TPSA) is 67.6 Å². The van der Waals surface area contributed by atoms with Crippen LogP contribution in [0.4, 0.5) is 0 Å². The molecule has 0 aliphatic rings. The number of hydrogen-bond acceptors (Lipinski definition) is 5. The molecule has 0 unspecified atom stereocenters. The summed E-state index contributed by atoms with van der Waals surface area (Å²) in [6.07, 6.45) is 4.67. The lowest BCUT2D eigenvalue weighted by atomic mass is 10.1. The molecular formula is C17H16N4OS. The first-order chi connectivity index (χ1) is 11.2. The maximum Gasteiger partial charge on any atom is 0.276 e. The zero-order valence-corrected chi connectivity index (χ0v) is 14.0. The average Bonchev–Trinajstić information content (AvgIpc) is 3.18. The van der Waals surface area contributed by atoms with Gasteiger partial charge in [-0.15, -0.1) is 11.8 Å². The van der Waals surface area contributed by atoms with Gasteiger partial charge in [0.15, 0.2) is 5.82 Å². The van der Waals surface area contributed by atoms with Gasteiger partial charge in [-0.1, -0.05) is 12.1 Å². The molecule has 1 N–H and O–H groups in total. The summed E-state index contributed by atoms with van der Waals surface area (Å²) >= 11 is 1.74. The maximum atomic E-state index is 5.37. The highest BCUT2D eigenvalue weighted by Gasteiger charge is 2.17. The normalized spacial score (nSPS) is 11.6. The number of H-pyrrole nitrogens is 1. The maximum absolute atomic E-state index is 5.37. The number of aromatic nitrogens is 4. The summed E-state index contributed by atoms with van der Waals surface area (Å²) in [5.74, 6) is 1.18. The quantitative estimate of drug-likeness (QED) is 0.567. The van der Waals surface area contributed by atoms with Crippen LogP contribution in [-0.2, 0) is 6.42 Å². The highest BCUT2D eigenvalue weighted by Crippen LogP contribution is 2.34. The SMILES string of the molecule is CCc1noc(-c2ncc3[nH]c4ccc(SC)cc4c3c2C)n1. The van der Waals surface area contributed by atoms with E-state index < -0.39 is 0 Å². The van der Waals surface area contributed by atoms with Crippen molar-refractivity contribution < 1.29 is 4.52 Å². The van der Waals surface area contributed by atoms with Crippen LogP contribution in [0.25, 0.3) is 33.4 Å². The molecule has 0 saturated carbocycles. The minimum Gasteiger partial charge on any atom is -0.353 e. The van der Waals surface area contributed by atoms with Gasteiger partial charge >= 0.3 is 0 Å². The van der Waals surface area contributed by atoms with E-state index >= 15 is 0 Å². The average molecular weight is 324 g/mol. The van der Waals surface area contributed by atoms with Crippen LogP contribution in [0.15, 0.2) is 33.8 Å². The third-order valence-corrected chi connectivity index (χ3v) is 4.80. The number of nitrogens with one attached hydrogen (secondary N) is 1. The van der Waals surface area contributed by atoms with Crippen LogP contribution >= 0.6 is 11.8 Å². The highest BCUT2D eigenvalue weighted by molar-refractivity contribution is 7.98. The largest absolute Gasteiger partial charge is 0.353 e. The van der Waals surface area contributed by atoms with Gasteiger partial charge in [-0.25, -0.2) is 4.98 Å². The van der Waals surface area contributed by atoms with Crippen LogP contribution < -0.4 is 0 Å². The van der Waals surface area contributed by atoms with Crippen LogP contribution in [0.2, 0.25) is 0 Å². The van der Waals surface area contributed by atoms with Crippen LogP contribution in [0.1, 0.15) is 18.3 Å². The van der Waals surface area contributed by atoms with Gasteiger partial charge in [-0.3, -0.25) is 0 Å². The number of benzene rings is 1. The van der Waals surface area contributed by atoms with Gasteiger partial charge in [0.05, 0.1) is 11.7 Å². The van der Waals surface area contributed by atoms with E-state index in [1.165, 1.54) is 10.3 Å². The molecular weight excluding hydrogens is 308 g/mol. The smallest absolute Gasteiger partial charge is 0.276 e. The van der Waals surface area contributed by atoms with Crippen LogP contribution in [0.3, 0.4) is 0 Å². The van der Waals surface area contributed by atoms with Crippen molar-refractivity contribution in [2.24, 2.45) is 0 Å². The molecule has 5 nitrogen and oxygen atoms in total. The monoisotopic (exact) mass is 324 g/mol. The summed E-state index contributed by atoms with van der Waals surface area (Å²) < 4.78 is 5.37. The van der Waals surface area contributed by atoms with Crippen molar-refractivity contribution in [2.75, 3.05) is 6.26 Å². The number of pyridine rings is 1. The zero-order valence-electron chi connectivity index (χ0n) is 13.2. The lowest BCUT2D eigenvalue weighted by molar-refractivity contribution is 0.422. The van der Waals surface area contributed by atoms with Crippen molar-refractivity contribution in [3.63, 3.8) is 0 Å². The molecule has 0 radical (unpaired) electrons. The Morgan fingerprint density at radius 3 is 2.87 bits per heavy atom. The molecule has 0 amide bonds. The molecule has 23 heavy (non-hydrogen) atoms. The summed E-state index contributed by atoms with van der Waals surface area (Å²) in [6, 6.07) is 6.45. The van der Waals surface area contributed by atoms with Gasteiger partial charge in [0.2, 0.25) is 0 Å². The Hall–Kier alpha value is -2.34. The molecule has 0 aliphatic heterocycles. The summed E-state index contributed by atoms with van der Waals surface area (Å²) in [5.41, 5.74) is 3.94. The minimum absolute atomic E-state index is 0.483. The molecule has 3 aromatic heterocycles. The Labute approximate surface area is 137 Å². The molecule has 6 heteroatoms. The second kappa shape index (κ2) is 5.38. The minimum atomic E-state index is 0.483. The number of fused-ring (bicyclic) bond motifs is 3. The van der Waals surface area contributed by atoms with E-state index in [0.717, 1.165) is 34.1 Å². The molecule has 0 aliphatic carbocycles. The summed E-state index contributed by atoms with van der Waals surface area (Å²) in [5, 5.41) is 6.33. The van der Waals surface area contributed by atoms with Crippen LogP contribution in [0.5, 0.6) is 0 Å². The van der Waals surface area contributed by atoms with Gasteiger partial charge in [0, 0.05) is 27.6 Å². The predicted molar refractivity (Wildman–Crippen MR) is 92.8 cm³/mol. The van der Waals surface area contributed by atoms with Gasteiger partial charge in [0.25, 0.3) is 5.89 Å². The molecule has 0 saturated heterocycles. The van der Waals surface area contributed by atoms with Crippen molar-refractivity contribution in [3.8, 4) is 11.6 Å². The van der Waals surface area contributed by atoms with Gasteiger partial charge in [0.1, 0.15) is 5.69 Å². The molecule has 0 bridgehead atoms. The molecule has 0 atom stereocenters. The highest BCUT2D eigenvalue weighted by atomic mass is 32.2. The van der Waals surface area contributed by atoms with Crippen molar-refractivity contribution >= 4 is 33.6 Å². The molecule has 0 fully saturated rings. The fourth-order valence-electron chi connectivity index (χ4n) is 2.87. The lowest BCUT2D eigenvalue weighted by Crippen LogP contribution is -1.90. The Morgan fingerprint density at radius 2 is 2.13 bits per heavy atom. The third kappa shape index (κ3) is 2.21. The summed E-state index contributed by atoms with van der Waals surface area (Å²) in [6.45, 7) is 4.06. The first-order valence-corrected chi connectivity index (χ1v) is 8.71. The number of aryl methyl sites for hydroxylation is 2. The summed E-state index contributed by atoms with van der Waals surface area (Å²) in [7, 11) is 0. The number of hydrogen-bond donors (Lipinski definition) is 1. The standard InChI is InChI=1S/C17H16N4OS/c1-4-14-20-17(22-21-14)16-9(2)15-11-7-10(23-3)5-6-12(11)19-13(15)8-18-16/h5-8,19H,4H2,1-3H3. The van der Waals surface area contributed by atoms with E-state index in [9.17, 15) is 0 Å². The number of rotatable bonds is 3. The van der Waals surface area contributed by atoms with Crippen molar-refractivity contribution in [1.29, 1.82) is 0 Å². The van der Waals surface area contributed by atoms with E-state index in [0.29, 0.717) is 11.7 Å².